The second kappa shape index (κ2) is 5.01. The van der Waals surface area contributed by atoms with Crippen LogP contribution in [0.3, 0.4) is 0 Å². The molecular formula is C12H11F3N2O2S. The number of carboxylic acids is 1. The maximum Gasteiger partial charge on any atom is 0.449 e. The first-order valence-electron chi connectivity index (χ1n) is 5.69. The Morgan fingerprint density at radius 3 is 2.60 bits per heavy atom. The molecule has 0 bridgehead atoms. The van der Waals surface area contributed by atoms with Crippen molar-refractivity contribution in [2.24, 2.45) is 7.05 Å². The minimum Gasteiger partial charge on any atom is -0.478 e. The number of carbonyl (C=O) groups is 1. The van der Waals surface area contributed by atoms with Gasteiger partial charge in [-0.05, 0) is 17.9 Å². The minimum atomic E-state index is -4.57. The van der Waals surface area contributed by atoms with E-state index in [1.54, 1.807) is 0 Å². The molecule has 2 aromatic rings. The van der Waals surface area contributed by atoms with Crippen LogP contribution >= 0.6 is 11.8 Å². The van der Waals surface area contributed by atoms with Gasteiger partial charge in [0, 0.05) is 11.9 Å². The average Bonchev–Trinajstić information content (AvgIpc) is 2.66. The quantitative estimate of drug-likeness (QED) is 0.883. The summed E-state index contributed by atoms with van der Waals surface area (Å²) in [5, 5.41) is 9.12. The first kappa shape index (κ1) is 14.7. The van der Waals surface area contributed by atoms with Crippen molar-refractivity contribution in [3.63, 3.8) is 0 Å². The van der Waals surface area contributed by atoms with Crippen molar-refractivity contribution in [3.05, 3.63) is 23.5 Å². The SMILES string of the molecule is CCSc1cc2c(cc1C(=O)O)nc(C(F)(F)F)n2C. The van der Waals surface area contributed by atoms with Gasteiger partial charge in [-0.1, -0.05) is 6.92 Å². The highest BCUT2D eigenvalue weighted by Gasteiger charge is 2.37. The highest BCUT2D eigenvalue weighted by atomic mass is 32.2. The molecule has 2 rings (SSSR count). The summed E-state index contributed by atoms with van der Waals surface area (Å²) in [6, 6.07) is 2.63. The van der Waals surface area contributed by atoms with E-state index in [9.17, 15) is 18.0 Å². The molecule has 0 aliphatic heterocycles. The normalized spacial score (nSPS) is 12.1. The van der Waals surface area contributed by atoms with E-state index in [4.69, 9.17) is 5.11 Å². The topological polar surface area (TPSA) is 55.1 Å². The van der Waals surface area contributed by atoms with Crippen molar-refractivity contribution in [2.75, 3.05) is 5.75 Å². The van der Waals surface area contributed by atoms with E-state index in [1.165, 1.54) is 30.9 Å². The zero-order valence-electron chi connectivity index (χ0n) is 10.7. The summed E-state index contributed by atoms with van der Waals surface area (Å²) in [4.78, 5) is 15.1. The van der Waals surface area contributed by atoms with Crippen LogP contribution < -0.4 is 0 Å². The number of benzene rings is 1. The number of hydrogen-bond acceptors (Lipinski definition) is 3. The Hall–Kier alpha value is -1.70. The Bertz CT molecular complexity index is 679. The van der Waals surface area contributed by atoms with Gasteiger partial charge in [0.2, 0.25) is 5.82 Å². The van der Waals surface area contributed by atoms with Crippen LogP contribution in [0.5, 0.6) is 0 Å². The molecule has 0 unspecified atom stereocenters. The van der Waals surface area contributed by atoms with Crippen LogP contribution in [0.15, 0.2) is 17.0 Å². The summed E-state index contributed by atoms with van der Waals surface area (Å²) in [5.41, 5.74) is 0.257. The van der Waals surface area contributed by atoms with Gasteiger partial charge in [-0.15, -0.1) is 11.8 Å². The predicted octanol–water partition coefficient (Wildman–Crippen LogP) is 3.40. The Balaban J connectivity index is 2.73. The molecule has 0 fully saturated rings. The van der Waals surface area contributed by atoms with Gasteiger partial charge in [0.25, 0.3) is 0 Å². The Morgan fingerprint density at radius 1 is 1.45 bits per heavy atom. The fourth-order valence-electron chi connectivity index (χ4n) is 1.91. The van der Waals surface area contributed by atoms with E-state index in [-0.39, 0.29) is 16.6 Å². The molecule has 0 amide bonds. The molecule has 0 aliphatic carbocycles. The van der Waals surface area contributed by atoms with Crippen LogP contribution in [-0.2, 0) is 13.2 Å². The number of thioether (sulfide) groups is 1. The van der Waals surface area contributed by atoms with E-state index in [2.05, 4.69) is 4.98 Å². The van der Waals surface area contributed by atoms with Crippen LogP contribution in [0.25, 0.3) is 11.0 Å². The maximum absolute atomic E-state index is 12.8. The summed E-state index contributed by atoms with van der Waals surface area (Å²) < 4.78 is 39.3. The molecule has 0 aliphatic rings. The van der Waals surface area contributed by atoms with Gasteiger partial charge in [0.05, 0.1) is 16.6 Å². The number of nitrogens with zero attached hydrogens (tertiary/aromatic N) is 2. The number of halogens is 3. The molecule has 0 saturated heterocycles. The molecule has 1 aromatic heterocycles. The molecule has 0 saturated carbocycles. The van der Waals surface area contributed by atoms with Gasteiger partial charge in [-0.3, -0.25) is 0 Å². The Labute approximate surface area is 116 Å². The van der Waals surface area contributed by atoms with Crippen LogP contribution in [0, 0.1) is 0 Å². The van der Waals surface area contributed by atoms with Gasteiger partial charge in [0.15, 0.2) is 0 Å². The van der Waals surface area contributed by atoms with E-state index in [0.29, 0.717) is 10.6 Å². The van der Waals surface area contributed by atoms with Crippen molar-refractivity contribution >= 4 is 28.8 Å². The lowest BCUT2D eigenvalue weighted by molar-refractivity contribution is -0.146. The molecule has 1 aromatic carbocycles. The standard InChI is InChI=1S/C12H11F3N2O2S/c1-3-20-9-5-8-7(4-6(9)10(18)19)16-11(17(8)2)12(13,14)15/h4-5H,3H2,1-2H3,(H,18,19). The largest absolute Gasteiger partial charge is 0.478 e. The van der Waals surface area contributed by atoms with E-state index in [0.717, 1.165) is 4.57 Å². The number of rotatable bonds is 3. The molecule has 108 valence electrons. The summed E-state index contributed by atoms with van der Waals surface area (Å²) >= 11 is 1.27. The predicted molar refractivity (Wildman–Crippen MR) is 69.1 cm³/mol. The summed E-state index contributed by atoms with van der Waals surface area (Å²) in [6.07, 6.45) is -4.57. The summed E-state index contributed by atoms with van der Waals surface area (Å²) in [5.74, 6) is -1.60. The number of aromatic nitrogens is 2. The number of aryl methyl sites for hydroxylation is 1. The molecule has 0 atom stereocenters. The van der Waals surface area contributed by atoms with Gasteiger partial charge < -0.3 is 9.67 Å². The molecule has 0 spiro atoms. The lowest BCUT2D eigenvalue weighted by Gasteiger charge is -2.07. The van der Waals surface area contributed by atoms with Crippen molar-refractivity contribution < 1.29 is 23.1 Å². The molecular weight excluding hydrogens is 293 g/mol. The Kier molecular flexibility index (Phi) is 3.68. The monoisotopic (exact) mass is 304 g/mol. The second-order valence-electron chi connectivity index (χ2n) is 4.07. The number of imidazole rings is 1. The third-order valence-corrected chi connectivity index (χ3v) is 3.70. The second-order valence-corrected chi connectivity index (χ2v) is 5.37. The number of hydrogen-bond donors (Lipinski definition) is 1. The van der Waals surface area contributed by atoms with E-state index in [1.807, 2.05) is 6.92 Å². The molecule has 20 heavy (non-hydrogen) atoms. The molecule has 4 nitrogen and oxygen atoms in total. The first-order chi connectivity index (χ1) is 9.25. The van der Waals surface area contributed by atoms with Crippen molar-refractivity contribution in [3.8, 4) is 0 Å². The molecule has 0 radical (unpaired) electrons. The number of alkyl halides is 3. The molecule has 1 N–H and O–H groups in total. The molecule has 8 heteroatoms. The number of aromatic carboxylic acids is 1. The lowest BCUT2D eigenvalue weighted by Crippen LogP contribution is -2.12. The van der Waals surface area contributed by atoms with Crippen LogP contribution in [0.2, 0.25) is 0 Å². The van der Waals surface area contributed by atoms with Gasteiger partial charge >= 0.3 is 12.1 Å². The average molecular weight is 304 g/mol. The van der Waals surface area contributed by atoms with Crippen LogP contribution in [-0.4, -0.2) is 26.4 Å². The highest BCUT2D eigenvalue weighted by molar-refractivity contribution is 7.99. The smallest absolute Gasteiger partial charge is 0.449 e. The minimum absolute atomic E-state index is 0.0256. The van der Waals surface area contributed by atoms with E-state index < -0.39 is 18.0 Å². The van der Waals surface area contributed by atoms with Gasteiger partial charge in [-0.2, -0.15) is 13.2 Å². The zero-order valence-corrected chi connectivity index (χ0v) is 11.5. The first-order valence-corrected chi connectivity index (χ1v) is 6.68. The third-order valence-electron chi connectivity index (χ3n) is 2.77. The lowest BCUT2D eigenvalue weighted by atomic mass is 10.2. The maximum atomic E-state index is 12.8. The van der Waals surface area contributed by atoms with Crippen LogP contribution in [0.4, 0.5) is 13.2 Å². The zero-order chi connectivity index (χ0) is 15.1. The highest BCUT2D eigenvalue weighted by Crippen LogP contribution is 2.33. The van der Waals surface area contributed by atoms with Gasteiger partial charge in [0.1, 0.15) is 0 Å². The van der Waals surface area contributed by atoms with Crippen molar-refractivity contribution in [2.45, 2.75) is 18.0 Å². The van der Waals surface area contributed by atoms with Crippen LogP contribution in [0.1, 0.15) is 23.1 Å². The third kappa shape index (κ3) is 2.47. The van der Waals surface area contributed by atoms with Crippen molar-refractivity contribution in [1.29, 1.82) is 0 Å². The molecule has 1 heterocycles. The fourth-order valence-corrected chi connectivity index (χ4v) is 2.72. The number of carboxylic acid groups (broad SMARTS) is 1. The number of fused-ring (bicyclic) bond motifs is 1. The fraction of sp³-hybridized carbons (Fsp3) is 0.333. The van der Waals surface area contributed by atoms with Crippen molar-refractivity contribution in [1.82, 2.24) is 9.55 Å². The van der Waals surface area contributed by atoms with Gasteiger partial charge in [-0.25, -0.2) is 9.78 Å². The Morgan fingerprint density at radius 2 is 2.10 bits per heavy atom. The summed E-state index contributed by atoms with van der Waals surface area (Å²) in [7, 11) is 1.26. The summed E-state index contributed by atoms with van der Waals surface area (Å²) in [6.45, 7) is 1.84. The van der Waals surface area contributed by atoms with E-state index >= 15 is 0 Å².